The second-order valence-corrected chi connectivity index (χ2v) is 4.30. The van der Waals surface area contributed by atoms with Gasteiger partial charge in [0.1, 0.15) is 5.69 Å². The summed E-state index contributed by atoms with van der Waals surface area (Å²) in [7, 11) is 0. The molecular weight excluding hydrogens is 240 g/mol. The van der Waals surface area contributed by atoms with Crippen LogP contribution in [-0.2, 0) is 6.54 Å². The number of carbonyl (C=O) groups excluding carboxylic acids is 1. The van der Waals surface area contributed by atoms with Gasteiger partial charge in [-0.1, -0.05) is 48.5 Å². The molecule has 19 heavy (non-hydrogen) atoms. The van der Waals surface area contributed by atoms with E-state index in [9.17, 15) is 9.90 Å². The Balaban J connectivity index is 2.11. The summed E-state index contributed by atoms with van der Waals surface area (Å²) >= 11 is 0. The summed E-state index contributed by atoms with van der Waals surface area (Å²) in [5.74, 6) is -1.25. The molecule has 0 aliphatic carbocycles. The van der Waals surface area contributed by atoms with Gasteiger partial charge in [0.15, 0.2) is 0 Å². The number of hydrogen-bond acceptors (Lipinski definition) is 3. The Labute approximate surface area is 109 Å². The summed E-state index contributed by atoms with van der Waals surface area (Å²) in [6.07, 6.45) is 0. The van der Waals surface area contributed by atoms with E-state index in [-0.39, 0.29) is 5.69 Å². The van der Waals surface area contributed by atoms with Crippen molar-refractivity contribution in [1.82, 2.24) is 9.78 Å². The molecule has 1 heterocycles. The van der Waals surface area contributed by atoms with Crippen molar-refractivity contribution in [2.75, 3.05) is 0 Å². The highest BCUT2D eigenvalue weighted by Crippen LogP contribution is 2.19. The molecule has 0 saturated carbocycles. The molecule has 4 heteroatoms. The Bertz CT molecular complexity index is 732. The van der Waals surface area contributed by atoms with Gasteiger partial charge in [0, 0.05) is 5.39 Å². The van der Waals surface area contributed by atoms with Crippen LogP contribution in [0.3, 0.4) is 0 Å². The van der Waals surface area contributed by atoms with Crippen molar-refractivity contribution >= 4 is 16.9 Å². The minimum atomic E-state index is -1.25. The van der Waals surface area contributed by atoms with Gasteiger partial charge in [0.05, 0.1) is 18.0 Å². The second-order valence-electron chi connectivity index (χ2n) is 4.30. The maximum Gasteiger partial charge on any atom is 0.116 e. The molecule has 0 N–H and O–H groups in total. The third kappa shape index (κ3) is 2.08. The molecular formula is C15H11N2O2-. The third-order valence-corrected chi connectivity index (χ3v) is 3.03. The molecule has 0 amide bonds. The maximum atomic E-state index is 11.1. The molecule has 94 valence electrons. The van der Waals surface area contributed by atoms with Crippen molar-refractivity contribution in [1.29, 1.82) is 0 Å². The first-order valence-corrected chi connectivity index (χ1v) is 5.96. The summed E-state index contributed by atoms with van der Waals surface area (Å²) in [6, 6.07) is 17.1. The highest BCUT2D eigenvalue weighted by atomic mass is 16.4. The van der Waals surface area contributed by atoms with Gasteiger partial charge < -0.3 is 9.90 Å². The fourth-order valence-electron chi connectivity index (χ4n) is 2.16. The van der Waals surface area contributed by atoms with Crippen LogP contribution in [0.1, 0.15) is 16.1 Å². The van der Waals surface area contributed by atoms with Gasteiger partial charge in [-0.2, -0.15) is 5.10 Å². The van der Waals surface area contributed by atoms with E-state index < -0.39 is 5.97 Å². The largest absolute Gasteiger partial charge is 0.543 e. The Morgan fingerprint density at radius 1 is 1.05 bits per heavy atom. The first kappa shape index (κ1) is 11.5. The van der Waals surface area contributed by atoms with E-state index in [0.717, 1.165) is 11.1 Å². The molecule has 0 saturated heterocycles. The molecule has 0 aliphatic heterocycles. The highest BCUT2D eigenvalue weighted by Gasteiger charge is 2.10. The van der Waals surface area contributed by atoms with E-state index >= 15 is 0 Å². The van der Waals surface area contributed by atoms with Crippen molar-refractivity contribution in [3.8, 4) is 0 Å². The van der Waals surface area contributed by atoms with Crippen LogP contribution in [-0.4, -0.2) is 15.7 Å². The Morgan fingerprint density at radius 3 is 2.47 bits per heavy atom. The van der Waals surface area contributed by atoms with E-state index in [2.05, 4.69) is 5.10 Å². The molecule has 1 aromatic heterocycles. The van der Waals surface area contributed by atoms with E-state index in [1.54, 1.807) is 16.8 Å². The number of nitrogens with zero attached hydrogens (tertiary/aromatic N) is 2. The second kappa shape index (κ2) is 4.57. The topological polar surface area (TPSA) is 57.9 Å². The van der Waals surface area contributed by atoms with Crippen molar-refractivity contribution in [2.45, 2.75) is 6.54 Å². The average molecular weight is 251 g/mol. The van der Waals surface area contributed by atoms with Crippen LogP contribution < -0.4 is 5.11 Å². The normalized spacial score (nSPS) is 10.7. The number of carbonyl (C=O) groups is 1. The summed E-state index contributed by atoms with van der Waals surface area (Å²) in [5.41, 5.74) is 1.86. The van der Waals surface area contributed by atoms with Crippen LogP contribution in [0.2, 0.25) is 0 Å². The molecule has 0 bridgehead atoms. The number of aromatic carboxylic acids is 1. The lowest BCUT2D eigenvalue weighted by atomic mass is 10.2. The summed E-state index contributed by atoms with van der Waals surface area (Å²) in [4.78, 5) is 11.1. The third-order valence-electron chi connectivity index (χ3n) is 3.03. The first-order valence-electron chi connectivity index (χ1n) is 5.96. The minimum absolute atomic E-state index is 0.00784. The van der Waals surface area contributed by atoms with Crippen LogP contribution in [0.15, 0.2) is 54.6 Å². The molecule has 4 nitrogen and oxygen atoms in total. The van der Waals surface area contributed by atoms with E-state index in [4.69, 9.17) is 0 Å². The number of rotatable bonds is 3. The van der Waals surface area contributed by atoms with Gasteiger partial charge in [-0.25, -0.2) is 0 Å². The van der Waals surface area contributed by atoms with E-state index in [0.29, 0.717) is 11.9 Å². The van der Waals surface area contributed by atoms with Crippen molar-refractivity contribution in [2.24, 2.45) is 0 Å². The van der Waals surface area contributed by atoms with Crippen LogP contribution >= 0.6 is 0 Å². The lowest BCUT2D eigenvalue weighted by Gasteiger charge is -2.03. The number of carboxylic acid groups (broad SMARTS) is 1. The molecule has 2 aromatic carbocycles. The van der Waals surface area contributed by atoms with Gasteiger partial charge in [0.2, 0.25) is 0 Å². The van der Waals surface area contributed by atoms with Crippen molar-refractivity contribution in [3.05, 3.63) is 65.9 Å². The quantitative estimate of drug-likeness (QED) is 0.708. The summed E-state index contributed by atoms with van der Waals surface area (Å²) < 4.78 is 1.69. The molecule has 0 unspecified atom stereocenters. The van der Waals surface area contributed by atoms with Gasteiger partial charge in [-0.05, 0) is 11.6 Å². The first-order chi connectivity index (χ1) is 9.25. The number of aromatic nitrogens is 2. The monoisotopic (exact) mass is 251 g/mol. The average Bonchev–Trinajstić information content (AvgIpc) is 2.79. The van der Waals surface area contributed by atoms with Crippen molar-refractivity contribution in [3.63, 3.8) is 0 Å². The lowest BCUT2D eigenvalue weighted by Crippen LogP contribution is -2.23. The number of carboxylic acids is 1. The zero-order chi connectivity index (χ0) is 13.2. The molecule has 0 fully saturated rings. The number of fused-ring (bicyclic) bond motifs is 1. The van der Waals surface area contributed by atoms with Gasteiger partial charge in [-0.15, -0.1) is 0 Å². The fourth-order valence-corrected chi connectivity index (χ4v) is 2.16. The van der Waals surface area contributed by atoms with Crippen molar-refractivity contribution < 1.29 is 9.90 Å². The Morgan fingerprint density at radius 2 is 1.74 bits per heavy atom. The molecule has 0 spiro atoms. The highest BCUT2D eigenvalue weighted by molar-refractivity contribution is 6.00. The van der Waals surface area contributed by atoms with Crippen LogP contribution in [0.25, 0.3) is 10.9 Å². The maximum absolute atomic E-state index is 11.1. The van der Waals surface area contributed by atoms with E-state index in [1.807, 2.05) is 42.5 Å². The van der Waals surface area contributed by atoms with Gasteiger partial charge >= 0.3 is 0 Å². The zero-order valence-electron chi connectivity index (χ0n) is 10.1. The zero-order valence-corrected chi connectivity index (χ0v) is 10.1. The van der Waals surface area contributed by atoms with Gasteiger partial charge in [0.25, 0.3) is 0 Å². The molecule has 3 rings (SSSR count). The molecule has 3 aromatic rings. The lowest BCUT2D eigenvalue weighted by molar-refractivity contribution is -0.255. The Hall–Kier alpha value is -2.62. The predicted octanol–water partition coefficient (Wildman–Crippen LogP) is 1.45. The summed E-state index contributed by atoms with van der Waals surface area (Å²) in [6.45, 7) is 0.536. The Kier molecular flexibility index (Phi) is 2.76. The van der Waals surface area contributed by atoms with Crippen LogP contribution in [0.4, 0.5) is 0 Å². The number of hydrogen-bond donors (Lipinski definition) is 0. The molecule has 0 radical (unpaired) electrons. The van der Waals surface area contributed by atoms with Crippen LogP contribution in [0.5, 0.6) is 0 Å². The molecule has 0 aliphatic rings. The number of benzene rings is 2. The predicted molar refractivity (Wildman–Crippen MR) is 69.6 cm³/mol. The van der Waals surface area contributed by atoms with Gasteiger partial charge in [-0.3, -0.25) is 4.68 Å². The molecule has 0 atom stereocenters. The standard InChI is InChI=1S/C15H12N2O2/c18-15(19)14-12-8-4-5-9-13(12)17(16-14)10-11-6-2-1-3-7-11/h1-9H,10H2,(H,18,19)/p-1. The summed E-state index contributed by atoms with van der Waals surface area (Å²) in [5, 5.41) is 15.8. The van der Waals surface area contributed by atoms with E-state index in [1.165, 1.54) is 0 Å². The smallest absolute Gasteiger partial charge is 0.116 e. The van der Waals surface area contributed by atoms with Crippen LogP contribution in [0, 0.1) is 0 Å². The fraction of sp³-hybridized carbons (Fsp3) is 0.0667. The SMILES string of the molecule is O=C([O-])c1nn(Cc2ccccc2)c2ccccc12. The minimum Gasteiger partial charge on any atom is -0.543 e. The number of para-hydroxylation sites is 1.